The summed E-state index contributed by atoms with van der Waals surface area (Å²) in [6.07, 6.45) is 1.58. The highest BCUT2D eigenvalue weighted by Crippen LogP contribution is 2.28. The van der Waals surface area contributed by atoms with Gasteiger partial charge in [0.05, 0.1) is 17.7 Å². The summed E-state index contributed by atoms with van der Waals surface area (Å²) in [7, 11) is 1.69. The van der Waals surface area contributed by atoms with Crippen molar-refractivity contribution in [1.82, 2.24) is 9.88 Å². The van der Waals surface area contributed by atoms with Gasteiger partial charge in [-0.1, -0.05) is 24.3 Å². The Morgan fingerprint density at radius 1 is 1.25 bits per heavy atom. The van der Waals surface area contributed by atoms with Gasteiger partial charge >= 0.3 is 0 Å². The molecular weight excluding hydrogens is 362 g/mol. The van der Waals surface area contributed by atoms with Crippen LogP contribution in [0, 0.1) is 10.1 Å². The first-order chi connectivity index (χ1) is 13.5. The Morgan fingerprint density at radius 2 is 1.96 bits per heavy atom. The number of likely N-dealkylation sites (N-methyl/N-ethyl adjacent to an activating group) is 1. The molecule has 0 unspecified atom stereocenters. The molecule has 28 heavy (non-hydrogen) atoms. The highest BCUT2D eigenvalue weighted by atomic mass is 16.6. The van der Waals surface area contributed by atoms with Crippen molar-refractivity contribution >= 4 is 23.3 Å². The van der Waals surface area contributed by atoms with Crippen LogP contribution in [0.3, 0.4) is 0 Å². The molecule has 0 saturated carbocycles. The molecule has 3 N–H and O–H groups in total. The largest absolute Gasteiger partial charge is 0.423 e. The van der Waals surface area contributed by atoms with E-state index >= 15 is 0 Å². The highest BCUT2D eigenvalue weighted by Gasteiger charge is 2.14. The third kappa shape index (κ3) is 4.33. The zero-order valence-electron chi connectivity index (χ0n) is 15.2. The summed E-state index contributed by atoms with van der Waals surface area (Å²) >= 11 is 0. The lowest BCUT2D eigenvalue weighted by Gasteiger charge is -2.17. The van der Waals surface area contributed by atoms with E-state index in [1.807, 2.05) is 24.3 Å². The minimum absolute atomic E-state index is 0.00344. The fourth-order valence-corrected chi connectivity index (χ4v) is 2.64. The van der Waals surface area contributed by atoms with Gasteiger partial charge < -0.3 is 20.4 Å². The average Bonchev–Trinajstić information content (AvgIpc) is 3.16. The molecule has 0 fully saturated rings. The van der Waals surface area contributed by atoms with Crippen LogP contribution in [0.25, 0.3) is 11.3 Å². The second-order valence-corrected chi connectivity index (χ2v) is 6.07. The summed E-state index contributed by atoms with van der Waals surface area (Å²) in [5, 5.41) is 13.7. The number of anilines is 2. The Balaban J connectivity index is 1.78. The number of hydrogen-bond donors (Lipinski definition) is 2. The minimum atomic E-state index is -0.462. The first-order valence-corrected chi connectivity index (χ1v) is 8.47. The van der Waals surface area contributed by atoms with E-state index in [0.717, 1.165) is 11.1 Å². The summed E-state index contributed by atoms with van der Waals surface area (Å²) in [4.78, 5) is 27.8. The molecule has 0 atom stereocenters. The third-order valence-electron chi connectivity index (χ3n) is 4.13. The number of rotatable bonds is 7. The van der Waals surface area contributed by atoms with E-state index in [9.17, 15) is 14.9 Å². The van der Waals surface area contributed by atoms with Crippen LogP contribution in [0.2, 0.25) is 0 Å². The summed E-state index contributed by atoms with van der Waals surface area (Å²) in [6.45, 7) is 0.336. The van der Waals surface area contributed by atoms with E-state index in [4.69, 9.17) is 10.2 Å². The second kappa shape index (κ2) is 8.31. The molecule has 0 aliphatic rings. The third-order valence-corrected chi connectivity index (χ3v) is 4.13. The van der Waals surface area contributed by atoms with Crippen LogP contribution >= 0.6 is 0 Å². The van der Waals surface area contributed by atoms with Crippen LogP contribution in [0.4, 0.5) is 17.4 Å². The van der Waals surface area contributed by atoms with Crippen molar-refractivity contribution in [1.29, 1.82) is 0 Å². The van der Waals surface area contributed by atoms with Gasteiger partial charge in [-0.15, -0.1) is 0 Å². The lowest BCUT2D eigenvalue weighted by atomic mass is 10.1. The Morgan fingerprint density at radius 3 is 2.64 bits per heavy atom. The number of nitrogens with one attached hydrogen (secondary N) is 1. The smallest absolute Gasteiger partial charge is 0.299 e. The van der Waals surface area contributed by atoms with Crippen LogP contribution in [-0.2, 0) is 11.3 Å². The fraction of sp³-hybridized carbons (Fsp3) is 0.158. The highest BCUT2D eigenvalue weighted by molar-refractivity contribution is 5.78. The van der Waals surface area contributed by atoms with E-state index in [-0.39, 0.29) is 24.2 Å². The maximum Gasteiger partial charge on any atom is 0.299 e. The molecule has 2 aromatic carbocycles. The molecule has 0 spiro atoms. The van der Waals surface area contributed by atoms with Gasteiger partial charge in [-0.3, -0.25) is 14.9 Å². The number of amides is 1. The standard InChI is InChI=1S/C19H19N5O4/c1-23(18(25)10-20)12-13-4-2-3-5-16(13)17-11-21-19(28-17)22-14-6-8-15(9-7-14)24(26)27/h2-9,11H,10,12,20H2,1H3,(H,21,22). The topological polar surface area (TPSA) is 128 Å². The van der Waals surface area contributed by atoms with Gasteiger partial charge in [0.25, 0.3) is 11.7 Å². The van der Waals surface area contributed by atoms with E-state index in [1.165, 1.54) is 12.1 Å². The Labute approximate surface area is 160 Å². The Kier molecular flexibility index (Phi) is 5.66. The molecule has 1 amide bonds. The second-order valence-electron chi connectivity index (χ2n) is 6.07. The predicted octanol–water partition coefficient (Wildman–Crippen LogP) is 2.91. The molecule has 0 radical (unpaired) electrons. The summed E-state index contributed by atoms with van der Waals surface area (Å²) in [6, 6.07) is 13.7. The van der Waals surface area contributed by atoms with E-state index in [1.54, 1.807) is 30.3 Å². The number of carbonyl (C=O) groups excluding carboxylic acids is 1. The van der Waals surface area contributed by atoms with Gasteiger partial charge in [-0.25, -0.2) is 4.98 Å². The van der Waals surface area contributed by atoms with E-state index in [0.29, 0.717) is 18.0 Å². The fourth-order valence-electron chi connectivity index (χ4n) is 2.64. The van der Waals surface area contributed by atoms with Crippen molar-refractivity contribution in [3.05, 3.63) is 70.4 Å². The van der Waals surface area contributed by atoms with Crippen molar-refractivity contribution in [3.8, 4) is 11.3 Å². The zero-order valence-corrected chi connectivity index (χ0v) is 15.2. The van der Waals surface area contributed by atoms with Crippen LogP contribution in [-0.4, -0.2) is 34.3 Å². The summed E-state index contributed by atoms with van der Waals surface area (Å²) < 4.78 is 5.78. The number of non-ortho nitro benzene ring substituents is 1. The number of nitro benzene ring substituents is 1. The van der Waals surface area contributed by atoms with Crippen LogP contribution in [0.5, 0.6) is 0 Å². The van der Waals surface area contributed by atoms with Crippen LogP contribution in [0.15, 0.2) is 59.1 Å². The average molecular weight is 381 g/mol. The van der Waals surface area contributed by atoms with E-state index < -0.39 is 4.92 Å². The minimum Gasteiger partial charge on any atom is -0.423 e. The van der Waals surface area contributed by atoms with Crippen molar-refractivity contribution < 1.29 is 14.1 Å². The van der Waals surface area contributed by atoms with Crippen molar-refractivity contribution in [2.24, 2.45) is 5.73 Å². The van der Waals surface area contributed by atoms with Crippen molar-refractivity contribution in [2.75, 3.05) is 18.9 Å². The first kappa shape index (κ1) is 19.1. The first-order valence-electron chi connectivity index (χ1n) is 8.47. The lowest BCUT2D eigenvalue weighted by molar-refractivity contribution is -0.384. The molecular formula is C19H19N5O4. The maximum absolute atomic E-state index is 11.8. The lowest BCUT2D eigenvalue weighted by Crippen LogP contribution is -2.32. The molecule has 9 nitrogen and oxygen atoms in total. The predicted molar refractivity (Wildman–Crippen MR) is 104 cm³/mol. The van der Waals surface area contributed by atoms with Crippen LogP contribution < -0.4 is 11.1 Å². The Hall–Kier alpha value is -3.72. The number of benzene rings is 2. The SMILES string of the molecule is CN(Cc1ccccc1-c1cnc(Nc2ccc([N+](=O)[O-])cc2)o1)C(=O)CN. The molecule has 1 heterocycles. The van der Waals surface area contributed by atoms with Gasteiger partial charge in [0, 0.05) is 37.0 Å². The Bertz CT molecular complexity index is 984. The monoisotopic (exact) mass is 381 g/mol. The van der Waals surface area contributed by atoms with Gasteiger partial charge in [-0.2, -0.15) is 0 Å². The molecule has 0 aliphatic heterocycles. The number of carbonyl (C=O) groups is 1. The molecule has 3 rings (SSSR count). The number of aromatic nitrogens is 1. The quantitative estimate of drug-likeness (QED) is 0.476. The summed E-state index contributed by atoms with van der Waals surface area (Å²) in [5.74, 6) is 0.376. The normalized spacial score (nSPS) is 10.5. The van der Waals surface area contributed by atoms with Crippen LogP contribution in [0.1, 0.15) is 5.56 Å². The molecule has 0 saturated heterocycles. The van der Waals surface area contributed by atoms with Crippen molar-refractivity contribution in [3.63, 3.8) is 0 Å². The number of nitrogens with zero attached hydrogens (tertiary/aromatic N) is 3. The number of nitro groups is 1. The molecule has 0 bridgehead atoms. The van der Waals surface area contributed by atoms with Crippen molar-refractivity contribution in [2.45, 2.75) is 6.54 Å². The molecule has 0 aliphatic carbocycles. The van der Waals surface area contributed by atoms with Gasteiger partial charge in [0.15, 0.2) is 5.76 Å². The molecule has 3 aromatic rings. The van der Waals surface area contributed by atoms with Gasteiger partial charge in [-0.05, 0) is 17.7 Å². The molecule has 144 valence electrons. The number of hydrogen-bond acceptors (Lipinski definition) is 7. The zero-order chi connectivity index (χ0) is 20.1. The van der Waals surface area contributed by atoms with E-state index in [2.05, 4.69) is 10.3 Å². The molecule has 1 aromatic heterocycles. The molecule has 9 heteroatoms. The number of oxazole rings is 1. The van der Waals surface area contributed by atoms with Gasteiger partial charge in [0.1, 0.15) is 0 Å². The maximum atomic E-state index is 11.8. The number of nitrogens with two attached hydrogens (primary N) is 1. The van der Waals surface area contributed by atoms with Gasteiger partial charge in [0.2, 0.25) is 5.91 Å². The summed E-state index contributed by atoms with van der Waals surface area (Å²) in [5.41, 5.74) is 7.73.